The Morgan fingerprint density at radius 2 is 2.21 bits per heavy atom. The van der Waals surface area contributed by atoms with Gasteiger partial charge >= 0.3 is 0 Å². The monoisotopic (exact) mass is 213 g/mol. The van der Waals surface area contributed by atoms with Crippen molar-refractivity contribution in [3.63, 3.8) is 0 Å². The van der Waals surface area contributed by atoms with E-state index < -0.39 is 0 Å². The second kappa shape index (κ2) is 3.91. The zero-order valence-corrected chi connectivity index (χ0v) is 9.51. The summed E-state index contributed by atoms with van der Waals surface area (Å²) in [5, 5.41) is 0.663. The Hall–Kier alpha value is -0.540. The predicted octanol–water partition coefficient (Wildman–Crippen LogP) is 1.93. The largest absolute Gasteiger partial charge is 0.319 e. The fraction of sp³-hybridized carbons (Fsp3) is 0.700. The molecule has 0 bridgehead atoms. The van der Waals surface area contributed by atoms with Crippen LogP contribution in [0.25, 0.3) is 0 Å². The molecule has 3 nitrogen and oxygen atoms in total. The third-order valence-electron chi connectivity index (χ3n) is 2.62. The lowest BCUT2D eigenvalue weighted by molar-refractivity contribution is 0.393. The lowest BCUT2D eigenvalue weighted by Gasteiger charge is -2.16. The van der Waals surface area contributed by atoms with Gasteiger partial charge in [0.1, 0.15) is 0 Å². The first kappa shape index (κ1) is 9.99. The van der Waals surface area contributed by atoms with Crippen LogP contribution in [-0.2, 0) is 19.5 Å². The molecule has 1 aliphatic rings. The number of aromatic nitrogens is 2. The van der Waals surface area contributed by atoms with E-state index in [1.807, 2.05) is 0 Å². The third-order valence-corrected chi connectivity index (χ3v) is 2.91. The predicted molar refractivity (Wildman–Crippen MR) is 57.6 cm³/mol. The molecule has 2 rings (SSSR count). The average Bonchev–Trinajstić information content (AvgIpc) is 2.44. The van der Waals surface area contributed by atoms with E-state index in [1.54, 1.807) is 0 Å². The summed E-state index contributed by atoms with van der Waals surface area (Å²) in [7, 11) is 4.12. The first-order valence-corrected chi connectivity index (χ1v) is 5.45. The summed E-state index contributed by atoms with van der Waals surface area (Å²) in [4.78, 5) is 6.55. The van der Waals surface area contributed by atoms with Crippen molar-refractivity contribution in [3.8, 4) is 0 Å². The Kier molecular flexibility index (Phi) is 2.79. The van der Waals surface area contributed by atoms with Crippen LogP contribution in [0.4, 0.5) is 0 Å². The van der Waals surface area contributed by atoms with Gasteiger partial charge in [0.05, 0.1) is 5.69 Å². The SMILES string of the molecule is CN(C)Cc1nc(Cl)n2c1CCCC2. The number of rotatable bonds is 2. The van der Waals surface area contributed by atoms with E-state index in [2.05, 4.69) is 28.5 Å². The van der Waals surface area contributed by atoms with Crippen molar-refractivity contribution >= 4 is 11.6 Å². The van der Waals surface area contributed by atoms with Crippen LogP contribution in [0.15, 0.2) is 0 Å². The van der Waals surface area contributed by atoms with Gasteiger partial charge in [-0.25, -0.2) is 4.98 Å². The van der Waals surface area contributed by atoms with E-state index in [4.69, 9.17) is 11.6 Å². The Morgan fingerprint density at radius 1 is 1.43 bits per heavy atom. The normalized spacial score (nSPS) is 16.0. The van der Waals surface area contributed by atoms with E-state index in [9.17, 15) is 0 Å². The first-order chi connectivity index (χ1) is 6.68. The molecule has 0 unspecified atom stereocenters. The zero-order valence-electron chi connectivity index (χ0n) is 8.76. The van der Waals surface area contributed by atoms with Crippen molar-refractivity contribution in [2.75, 3.05) is 14.1 Å². The topological polar surface area (TPSA) is 21.1 Å². The number of hydrogen-bond donors (Lipinski definition) is 0. The van der Waals surface area contributed by atoms with Crippen LogP contribution >= 0.6 is 11.6 Å². The lowest BCUT2D eigenvalue weighted by Crippen LogP contribution is -2.15. The second-order valence-electron chi connectivity index (χ2n) is 4.12. The molecule has 0 atom stereocenters. The maximum atomic E-state index is 6.08. The molecule has 0 saturated heterocycles. The van der Waals surface area contributed by atoms with Crippen LogP contribution in [0.3, 0.4) is 0 Å². The molecule has 0 aliphatic carbocycles. The van der Waals surface area contributed by atoms with Gasteiger partial charge in [0.25, 0.3) is 0 Å². The maximum Gasteiger partial charge on any atom is 0.203 e. The molecule has 14 heavy (non-hydrogen) atoms. The molecule has 4 heteroatoms. The van der Waals surface area contributed by atoms with Gasteiger partial charge in [-0.3, -0.25) is 0 Å². The van der Waals surface area contributed by atoms with Gasteiger partial charge < -0.3 is 9.47 Å². The molecule has 0 amide bonds. The highest BCUT2D eigenvalue weighted by Gasteiger charge is 2.18. The number of fused-ring (bicyclic) bond motifs is 1. The van der Waals surface area contributed by atoms with Crippen molar-refractivity contribution in [3.05, 3.63) is 16.7 Å². The Balaban J connectivity index is 2.31. The average molecular weight is 214 g/mol. The molecule has 2 heterocycles. The van der Waals surface area contributed by atoms with Gasteiger partial charge in [-0.2, -0.15) is 0 Å². The Morgan fingerprint density at radius 3 is 2.93 bits per heavy atom. The fourth-order valence-corrected chi connectivity index (χ4v) is 2.29. The van der Waals surface area contributed by atoms with Crippen LogP contribution < -0.4 is 0 Å². The summed E-state index contributed by atoms with van der Waals surface area (Å²) >= 11 is 6.08. The minimum absolute atomic E-state index is 0.663. The third kappa shape index (κ3) is 1.79. The lowest BCUT2D eigenvalue weighted by atomic mass is 10.1. The van der Waals surface area contributed by atoms with Crippen molar-refractivity contribution in [2.24, 2.45) is 0 Å². The van der Waals surface area contributed by atoms with E-state index in [1.165, 1.54) is 18.5 Å². The number of nitrogens with zero attached hydrogens (tertiary/aromatic N) is 3. The quantitative estimate of drug-likeness (QED) is 0.749. The van der Waals surface area contributed by atoms with Crippen molar-refractivity contribution < 1.29 is 0 Å². The first-order valence-electron chi connectivity index (χ1n) is 5.07. The van der Waals surface area contributed by atoms with Crippen molar-refractivity contribution in [1.82, 2.24) is 14.5 Å². The van der Waals surface area contributed by atoms with Gasteiger partial charge in [-0.05, 0) is 45.0 Å². The van der Waals surface area contributed by atoms with Crippen LogP contribution in [-0.4, -0.2) is 28.5 Å². The summed E-state index contributed by atoms with van der Waals surface area (Å²) in [5.74, 6) is 0. The summed E-state index contributed by atoms with van der Waals surface area (Å²) in [5.41, 5.74) is 2.50. The highest BCUT2D eigenvalue weighted by molar-refractivity contribution is 6.28. The molecule has 1 aliphatic heterocycles. The summed E-state index contributed by atoms with van der Waals surface area (Å²) in [6.45, 7) is 1.93. The number of halogens is 1. The highest BCUT2D eigenvalue weighted by atomic mass is 35.5. The molecule has 78 valence electrons. The van der Waals surface area contributed by atoms with Crippen molar-refractivity contribution in [1.29, 1.82) is 0 Å². The molecular formula is C10H16ClN3. The molecule has 1 aromatic heterocycles. The Bertz CT molecular complexity index is 330. The van der Waals surface area contributed by atoms with E-state index in [0.717, 1.165) is 25.2 Å². The van der Waals surface area contributed by atoms with Gasteiger partial charge in [0.15, 0.2) is 0 Å². The number of hydrogen-bond acceptors (Lipinski definition) is 2. The molecule has 1 aromatic rings. The molecule has 0 aromatic carbocycles. The van der Waals surface area contributed by atoms with Crippen molar-refractivity contribution in [2.45, 2.75) is 32.4 Å². The van der Waals surface area contributed by atoms with E-state index in [0.29, 0.717) is 5.28 Å². The summed E-state index contributed by atoms with van der Waals surface area (Å²) in [6, 6.07) is 0. The van der Waals surface area contributed by atoms with E-state index >= 15 is 0 Å². The second-order valence-corrected chi connectivity index (χ2v) is 4.46. The molecule has 0 saturated carbocycles. The van der Waals surface area contributed by atoms with Gasteiger partial charge in [-0.1, -0.05) is 0 Å². The summed E-state index contributed by atoms with van der Waals surface area (Å²) < 4.78 is 2.16. The molecule has 0 N–H and O–H groups in total. The van der Waals surface area contributed by atoms with Crippen LogP contribution in [0.1, 0.15) is 24.2 Å². The molecule has 0 fully saturated rings. The maximum absolute atomic E-state index is 6.08. The van der Waals surface area contributed by atoms with Crippen LogP contribution in [0.2, 0.25) is 5.28 Å². The van der Waals surface area contributed by atoms with Crippen LogP contribution in [0, 0.1) is 0 Å². The Labute approximate surface area is 89.7 Å². The van der Waals surface area contributed by atoms with Gasteiger partial charge in [-0.15, -0.1) is 0 Å². The minimum atomic E-state index is 0.663. The number of imidazole rings is 1. The van der Waals surface area contributed by atoms with Gasteiger partial charge in [0, 0.05) is 18.8 Å². The van der Waals surface area contributed by atoms with Crippen LogP contribution in [0.5, 0.6) is 0 Å². The molecular weight excluding hydrogens is 198 g/mol. The highest BCUT2D eigenvalue weighted by Crippen LogP contribution is 2.24. The minimum Gasteiger partial charge on any atom is -0.319 e. The van der Waals surface area contributed by atoms with Gasteiger partial charge in [0.2, 0.25) is 5.28 Å². The fourth-order valence-electron chi connectivity index (χ4n) is 2.00. The molecule has 0 spiro atoms. The summed E-state index contributed by atoms with van der Waals surface area (Å²) in [6.07, 6.45) is 3.62. The molecule has 0 radical (unpaired) electrons. The smallest absolute Gasteiger partial charge is 0.203 e. The standard InChI is InChI=1S/C10H16ClN3/c1-13(2)7-8-9-5-3-4-6-14(9)10(11)12-8/h3-7H2,1-2H3. The zero-order chi connectivity index (χ0) is 10.1. The van der Waals surface area contributed by atoms with E-state index in [-0.39, 0.29) is 0 Å².